The van der Waals surface area contributed by atoms with E-state index in [9.17, 15) is 9.59 Å². The molecule has 6 nitrogen and oxygen atoms in total. The SMILES string of the molecule is Cc1ccc(CNC(=O)Cn2ncc3c4ccccc4n(Cc4ccccc4)c3c2=O)cc1. The summed E-state index contributed by atoms with van der Waals surface area (Å²) < 4.78 is 3.26. The van der Waals surface area contributed by atoms with Crippen molar-refractivity contribution in [3.63, 3.8) is 0 Å². The number of carbonyl (C=O) groups excluding carboxylic acids is 1. The van der Waals surface area contributed by atoms with E-state index < -0.39 is 0 Å². The minimum absolute atomic E-state index is 0.131. The Morgan fingerprint density at radius 1 is 0.879 bits per heavy atom. The summed E-state index contributed by atoms with van der Waals surface area (Å²) in [5.74, 6) is -0.254. The van der Waals surface area contributed by atoms with Crippen LogP contribution in [-0.2, 0) is 24.4 Å². The van der Waals surface area contributed by atoms with Gasteiger partial charge in [0.2, 0.25) is 5.91 Å². The number of nitrogens with one attached hydrogen (secondary N) is 1. The molecule has 0 saturated heterocycles. The molecule has 0 spiro atoms. The number of carbonyl (C=O) groups is 1. The third kappa shape index (κ3) is 4.15. The lowest BCUT2D eigenvalue weighted by Crippen LogP contribution is -2.33. The first kappa shape index (κ1) is 20.7. The summed E-state index contributed by atoms with van der Waals surface area (Å²) >= 11 is 0. The molecule has 2 heterocycles. The Morgan fingerprint density at radius 2 is 1.61 bits per heavy atom. The number of aryl methyl sites for hydroxylation is 1. The molecule has 0 saturated carbocycles. The van der Waals surface area contributed by atoms with Crippen LogP contribution >= 0.6 is 0 Å². The first-order valence-electron chi connectivity index (χ1n) is 10.9. The second kappa shape index (κ2) is 8.74. The van der Waals surface area contributed by atoms with E-state index in [2.05, 4.69) is 10.4 Å². The van der Waals surface area contributed by atoms with Crippen LogP contribution in [0.25, 0.3) is 21.8 Å². The Labute approximate surface area is 191 Å². The highest BCUT2D eigenvalue weighted by Crippen LogP contribution is 2.27. The molecule has 0 bridgehead atoms. The smallest absolute Gasteiger partial charge is 0.291 e. The standard InChI is InChI=1S/C27H24N4O2/c1-19-11-13-20(14-12-19)15-28-25(32)18-31-27(33)26-23(16-29-31)22-9-5-6-10-24(22)30(26)17-21-7-3-2-4-8-21/h2-14,16H,15,17-18H2,1H3,(H,28,32). The van der Waals surface area contributed by atoms with E-state index in [0.29, 0.717) is 18.6 Å². The van der Waals surface area contributed by atoms with Crippen LogP contribution in [0.1, 0.15) is 16.7 Å². The van der Waals surface area contributed by atoms with Gasteiger partial charge in [-0.3, -0.25) is 9.59 Å². The number of amides is 1. The average molecular weight is 437 g/mol. The van der Waals surface area contributed by atoms with E-state index in [1.54, 1.807) is 6.20 Å². The lowest BCUT2D eigenvalue weighted by molar-refractivity contribution is -0.122. The molecule has 0 fully saturated rings. The van der Waals surface area contributed by atoms with Crippen molar-refractivity contribution in [3.05, 3.63) is 112 Å². The zero-order valence-corrected chi connectivity index (χ0v) is 18.4. The number of fused-ring (bicyclic) bond motifs is 3. The van der Waals surface area contributed by atoms with Crippen molar-refractivity contribution in [1.82, 2.24) is 19.7 Å². The lowest BCUT2D eigenvalue weighted by Gasteiger charge is -2.10. The first-order chi connectivity index (χ1) is 16.1. The van der Waals surface area contributed by atoms with Gasteiger partial charge in [0, 0.05) is 29.4 Å². The quantitative estimate of drug-likeness (QED) is 0.437. The molecule has 1 amide bonds. The van der Waals surface area contributed by atoms with Crippen molar-refractivity contribution in [3.8, 4) is 0 Å². The fraction of sp³-hybridized carbons (Fsp3) is 0.148. The number of nitrogens with zero attached hydrogens (tertiary/aromatic N) is 3. The maximum absolute atomic E-state index is 13.5. The summed E-state index contributed by atoms with van der Waals surface area (Å²) in [5.41, 5.74) is 4.52. The van der Waals surface area contributed by atoms with Crippen molar-refractivity contribution in [1.29, 1.82) is 0 Å². The maximum Gasteiger partial charge on any atom is 0.291 e. The minimum atomic E-state index is -0.273. The van der Waals surface area contributed by atoms with Gasteiger partial charge in [-0.1, -0.05) is 78.4 Å². The maximum atomic E-state index is 13.5. The molecule has 0 aliphatic heterocycles. The van der Waals surface area contributed by atoms with Gasteiger partial charge in [0.25, 0.3) is 5.56 Å². The van der Waals surface area contributed by atoms with Gasteiger partial charge in [-0.15, -0.1) is 0 Å². The van der Waals surface area contributed by atoms with Crippen LogP contribution in [0.15, 0.2) is 89.9 Å². The highest BCUT2D eigenvalue weighted by Gasteiger charge is 2.17. The van der Waals surface area contributed by atoms with E-state index in [0.717, 1.165) is 27.4 Å². The van der Waals surface area contributed by atoms with Crippen LogP contribution in [0.3, 0.4) is 0 Å². The van der Waals surface area contributed by atoms with Crippen LogP contribution < -0.4 is 10.9 Å². The molecular formula is C27H24N4O2. The van der Waals surface area contributed by atoms with Crippen LogP contribution in [0.4, 0.5) is 0 Å². The predicted molar refractivity (Wildman–Crippen MR) is 130 cm³/mol. The molecular weight excluding hydrogens is 412 g/mol. The second-order valence-electron chi connectivity index (χ2n) is 8.22. The molecule has 5 aromatic rings. The molecule has 33 heavy (non-hydrogen) atoms. The molecule has 2 aromatic heterocycles. The van der Waals surface area contributed by atoms with E-state index in [-0.39, 0.29) is 18.0 Å². The molecule has 5 rings (SSSR count). The Bertz CT molecular complexity index is 1500. The lowest BCUT2D eigenvalue weighted by atomic mass is 10.1. The van der Waals surface area contributed by atoms with Gasteiger partial charge < -0.3 is 9.88 Å². The Hall–Kier alpha value is -4.19. The largest absolute Gasteiger partial charge is 0.350 e. The molecule has 1 N–H and O–H groups in total. The van der Waals surface area contributed by atoms with E-state index in [4.69, 9.17) is 0 Å². The fourth-order valence-corrected chi connectivity index (χ4v) is 4.13. The number of aromatic nitrogens is 3. The summed E-state index contributed by atoms with van der Waals surface area (Å²) in [6.07, 6.45) is 1.69. The number of hydrogen-bond donors (Lipinski definition) is 1. The van der Waals surface area contributed by atoms with Gasteiger partial charge in [0.15, 0.2) is 0 Å². The highest BCUT2D eigenvalue weighted by atomic mass is 16.2. The molecule has 3 aromatic carbocycles. The van der Waals surface area contributed by atoms with E-state index in [1.165, 1.54) is 10.2 Å². The molecule has 0 atom stereocenters. The number of benzene rings is 3. The molecule has 0 radical (unpaired) electrons. The Balaban J connectivity index is 1.48. The minimum Gasteiger partial charge on any atom is -0.350 e. The summed E-state index contributed by atoms with van der Waals surface area (Å²) in [5, 5.41) is 8.96. The Kier molecular flexibility index (Phi) is 5.48. The number of para-hydroxylation sites is 1. The normalized spacial score (nSPS) is 11.2. The van der Waals surface area contributed by atoms with Gasteiger partial charge in [-0.25, -0.2) is 4.68 Å². The summed E-state index contributed by atoms with van der Waals surface area (Å²) in [6, 6.07) is 25.9. The molecule has 0 aliphatic carbocycles. The van der Waals surface area contributed by atoms with Gasteiger partial charge in [0.1, 0.15) is 12.1 Å². The zero-order valence-electron chi connectivity index (χ0n) is 18.4. The third-order valence-corrected chi connectivity index (χ3v) is 5.86. The monoisotopic (exact) mass is 436 g/mol. The summed E-state index contributed by atoms with van der Waals surface area (Å²) in [4.78, 5) is 26.0. The van der Waals surface area contributed by atoms with Gasteiger partial charge in [-0.2, -0.15) is 5.10 Å². The van der Waals surface area contributed by atoms with Crippen molar-refractivity contribution in [2.45, 2.75) is 26.6 Å². The Morgan fingerprint density at radius 3 is 2.39 bits per heavy atom. The molecule has 164 valence electrons. The number of rotatable bonds is 6. The summed E-state index contributed by atoms with van der Waals surface area (Å²) in [7, 11) is 0. The van der Waals surface area contributed by atoms with E-state index in [1.807, 2.05) is 90.4 Å². The van der Waals surface area contributed by atoms with Gasteiger partial charge >= 0.3 is 0 Å². The summed E-state index contributed by atoms with van der Waals surface area (Å²) in [6.45, 7) is 2.86. The van der Waals surface area contributed by atoms with Crippen molar-refractivity contribution in [2.75, 3.05) is 0 Å². The first-order valence-corrected chi connectivity index (χ1v) is 10.9. The van der Waals surface area contributed by atoms with Crippen molar-refractivity contribution < 1.29 is 4.79 Å². The van der Waals surface area contributed by atoms with Crippen molar-refractivity contribution in [2.24, 2.45) is 0 Å². The van der Waals surface area contributed by atoms with Crippen LogP contribution in [-0.4, -0.2) is 20.3 Å². The van der Waals surface area contributed by atoms with E-state index >= 15 is 0 Å². The second-order valence-corrected chi connectivity index (χ2v) is 8.22. The average Bonchev–Trinajstić information content (AvgIpc) is 3.15. The topological polar surface area (TPSA) is 68.9 Å². The van der Waals surface area contributed by atoms with Crippen molar-refractivity contribution >= 4 is 27.7 Å². The van der Waals surface area contributed by atoms with Gasteiger partial charge in [-0.05, 0) is 24.1 Å². The number of hydrogen-bond acceptors (Lipinski definition) is 3. The molecule has 0 aliphatic rings. The predicted octanol–water partition coefficient (Wildman–Crippen LogP) is 4.02. The molecule has 6 heteroatoms. The zero-order chi connectivity index (χ0) is 22.8. The molecule has 0 unspecified atom stereocenters. The fourth-order valence-electron chi connectivity index (χ4n) is 4.13. The van der Waals surface area contributed by atoms with Gasteiger partial charge in [0.05, 0.1) is 6.20 Å². The van der Waals surface area contributed by atoms with Crippen LogP contribution in [0.5, 0.6) is 0 Å². The highest BCUT2D eigenvalue weighted by molar-refractivity contribution is 6.07. The van der Waals surface area contributed by atoms with Crippen LogP contribution in [0.2, 0.25) is 0 Å². The third-order valence-electron chi connectivity index (χ3n) is 5.86. The van der Waals surface area contributed by atoms with Crippen LogP contribution in [0, 0.1) is 6.92 Å².